The highest BCUT2D eigenvalue weighted by molar-refractivity contribution is 5.71. The van der Waals surface area contributed by atoms with Crippen molar-refractivity contribution in [2.75, 3.05) is 13.2 Å². The van der Waals surface area contributed by atoms with E-state index >= 15 is 0 Å². The quantitative estimate of drug-likeness (QED) is 0.0262. The largest absolute Gasteiger partial charge is 0.462 e. The fourth-order valence-electron chi connectivity index (χ4n) is 7.96. The van der Waals surface area contributed by atoms with Crippen molar-refractivity contribution in [1.82, 2.24) is 0 Å². The third-order valence-corrected chi connectivity index (χ3v) is 12.1. The number of hydrogen-bond donors (Lipinski definition) is 0. The van der Waals surface area contributed by atoms with Crippen molar-refractivity contribution in [2.45, 2.75) is 290 Å². The number of allylic oxidation sites excluding steroid dienone is 8. The molecule has 0 aromatic carbocycles. The molecule has 0 aliphatic carbocycles. The zero-order valence-corrected chi connectivity index (χ0v) is 42.6. The fourth-order valence-corrected chi connectivity index (χ4v) is 7.96. The van der Waals surface area contributed by atoms with Gasteiger partial charge >= 0.3 is 17.9 Å². The van der Waals surface area contributed by atoms with E-state index in [1.54, 1.807) is 0 Å². The van der Waals surface area contributed by atoms with Crippen molar-refractivity contribution in [3.8, 4) is 0 Å². The Hall–Kier alpha value is -2.63. The normalized spacial score (nSPS) is 12.4. The minimum atomic E-state index is -0.774. The molecule has 0 aromatic rings. The summed E-state index contributed by atoms with van der Waals surface area (Å²) in [4.78, 5) is 37.9. The molecule has 0 saturated heterocycles. The van der Waals surface area contributed by atoms with Crippen LogP contribution in [-0.2, 0) is 28.6 Å². The molecule has 0 aliphatic rings. The number of unbranched alkanes of at least 4 members (excludes halogenated alkanes) is 31. The van der Waals surface area contributed by atoms with Gasteiger partial charge in [-0.15, -0.1) is 0 Å². The molecule has 372 valence electrons. The van der Waals surface area contributed by atoms with E-state index in [2.05, 4.69) is 69.4 Å². The second kappa shape index (κ2) is 53.0. The highest BCUT2D eigenvalue weighted by atomic mass is 16.6. The van der Waals surface area contributed by atoms with Gasteiger partial charge in [-0.1, -0.05) is 256 Å². The van der Waals surface area contributed by atoms with Gasteiger partial charge in [-0.2, -0.15) is 0 Å². The zero-order chi connectivity index (χ0) is 46.5. The lowest BCUT2D eigenvalue weighted by Crippen LogP contribution is -2.30. The monoisotopic (exact) mass is 897 g/mol. The van der Waals surface area contributed by atoms with Gasteiger partial charge in [0.25, 0.3) is 0 Å². The van der Waals surface area contributed by atoms with Crippen molar-refractivity contribution in [3.63, 3.8) is 0 Å². The zero-order valence-electron chi connectivity index (χ0n) is 42.6. The average molecular weight is 897 g/mol. The molecule has 0 fully saturated rings. The molecule has 0 amide bonds. The van der Waals surface area contributed by atoms with Crippen molar-refractivity contribution in [3.05, 3.63) is 48.6 Å². The molecule has 6 nitrogen and oxygen atoms in total. The molecule has 6 heteroatoms. The molecule has 0 N–H and O–H groups in total. The molecule has 0 radical (unpaired) electrons. The lowest BCUT2D eigenvalue weighted by molar-refractivity contribution is -0.167. The summed E-state index contributed by atoms with van der Waals surface area (Å²) in [6.45, 7) is 6.52. The Bertz CT molecular complexity index is 1120. The van der Waals surface area contributed by atoms with Gasteiger partial charge in [0.15, 0.2) is 6.10 Å². The molecule has 0 aromatic heterocycles. The Labute approximate surface area is 397 Å². The second-order valence-corrected chi connectivity index (χ2v) is 18.5. The molecule has 0 aliphatic heterocycles. The summed E-state index contributed by atoms with van der Waals surface area (Å²) >= 11 is 0. The molecule has 0 heterocycles. The van der Waals surface area contributed by atoms with Gasteiger partial charge in [0, 0.05) is 19.3 Å². The molecule has 0 rings (SSSR count). The molecular weight excluding hydrogens is 793 g/mol. The van der Waals surface area contributed by atoms with Gasteiger partial charge in [0.05, 0.1) is 0 Å². The molecule has 0 bridgehead atoms. The van der Waals surface area contributed by atoms with Crippen molar-refractivity contribution in [1.29, 1.82) is 0 Å². The number of ether oxygens (including phenoxy) is 3. The number of hydrogen-bond acceptors (Lipinski definition) is 6. The Kier molecular flexibility index (Phi) is 50.8. The summed E-state index contributed by atoms with van der Waals surface area (Å²) in [7, 11) is 0. The van der Waals surface area contributed by atoms with E-state index < -0.39 is 6.10 Å². The third kappa shape index (κ3) is 50.4. The highest BCUT2D eigenvalue weighted by Crippen LogP contribution is 2.16. The summed E-state index contributed by atoms with van der Waals surface area (Å²) in [5, 5.41) is 0. The predicted octanol–water partition coefficient (Wildman–Crippen LogP) is 18.3. The average Bonchev–Trinajstić information content (AvgIpc) is 3.29. The van der Waals surface area contributed by atoms with Crippen LogP contribution < -0.4 is 0 Å². The van der Waals surface area contributed by atoms with Crippen LogP contribution in [0.4, 0.5) is 0 Å². The van der Waals surface area contributed by atoms with Crippen LogP contribution in [0.1, 0.15) is 284 Å². The number of rotatable bonds is 50. The van der Waals surface area contributed by atoms with Gasteiger partial charge in [-0.25, -0.2) is 0 Å². The summed E-state index contributed by atoms with van der Waals surface area (Å²) in [5.41, 5.74) is 0. The van der Waals surface area contributed by atoms with Crippen LogP contribution in [-0.4, -0.2) is 37.2 Å². The first kappa shape index (κ1) is 61.4. The summed E-state index contributed by atoms with van der Waals surface area (Å²) in [6.07, 6.45) is 64.0. The van der Waals surface area contributed by atoms with E-state index in [1.807, 2.05) is 0 Å². The first-order chi connectivity index (χ1) is 31.5. The van der Waals surface area contributed by atoms with Crippen molar-refractivity contribution < 1.29 is 28.6 Å². The second-order valence-electron chi connectivity index (χ2n) is 18.5. The van der Waals surface area contributed by atoms with Crippen LogP contribution in [0.5, 0.6) is 0 Å². The van der Waals surface area contributed by atoms with Crippen molar-refractivity contribution in [2.24, 2.45) is 0 Å². The number of carbonyl (C=O) groups excluding carboxylic acids is 3. The van der Waals surface area contributed by atoms with Gasteiger partial charge in [-0.05, 0) is 57.8 Å². The molecule has 1 unspecified atom stereocenters. The van der Waals surface area contributed by atoms with Crippen LogP contribution in [0.3, 0.4) is 0 Å². The van der Waals surface area contributed by atoms with E-state index in [0.29, 0.717) is 19.3 Å². The first-order valence-electron chi connectivity index (χ1n) is 27.6. The van der Waals surface area contributed by atoms with Crippen LogP contribution in [0.2, 0.25) is 0 Å². The Morgan fingerprint density at radius 1 is 0.328 bits per heavy atom. The maximum Gasteiger partial charge on any atom is 0.306 e. The predicted molar refractivity (Wildman–Crippen MR) is 275 cm³/mol. The van der Waals surface area contributed by atoms with Crippen molar-refractivity contribution >= 4 is 17.9 Å². The van der Waals surface area contributed by atoms with Gasteiger partial charge in [-0.3, -0.25) is 14.4 Å². The first-order valence-corrected chi connectivity index (χ1v) is 27.6. The Morgan fingerprint density at radius 3 is 0.953 bits per heavy atom. The highest BCUT2D eigenvalue weighted by Gasteiger charge is 2.19. The van der Waals surface area contributed by atoms with Gasteiger partial charge in [0.1, 0.15) is 13.2 Å². The lowest BCUT2D eigenvalue weighted by Gasteiger charge is -2.18. The molecule has 64 heavy (non-hydrogen) atoms. The van der Waals surface area contributed by atoms with E-state index in [0.717, 1.165) is 89.9 Å². The fraction of sp³-hybridized carbons (Fsp3) is 0.810. The van der Waals surface area contributed by atoms with Gasteiger partial charge in [0.2, 0.25) is 0 Å². The lowest BCUT2D eigenvalue weighted by atomic mass is 10.0. The number of esters is 3. The number of carbonyl (C=O) groups is 3. The van der Waals surface area contributed by atoms with Gasteiger partial charge < -0.3 is 14.2 Å². The molecular formula is C58H104O6. The smallest absolute Gasteiger partial charge is 0.306 e. The Morgan fingerprint density at radius 2 is 0.609 bits per heavy atom. The van der Waals surface area contributed by atoms with Crippen LogP contribution in [0, 0.1) is 0 Å². The van der Waals surface area contributed by atoms with E-state index in [9.17, 15) is 14.4 Å². The molecule has 0 saturated carbocycles. The summed E-state index contributed by atoms with van der Waals surface area (Å²) in [6, 6.07) is 0. The summed E-state index contributed by atoms with van der Waals surface area (Å²) < 4.78 is 16.8. The molecule has 1 atom stereocenters. The van der Waals surface area contributed by atoms with E-state index in [-0.39, 0.29) is 31.1 Å². The maximum atomic E-state index is 12.8. The van der Waals surface area contributed by atoms with Crippen LogP contribution in [0.15, 0.2) is 48.6 Å². The standard InChI is InChI=1S/C58H104O6/c1-4-7-10-13-16-19-21-23-25-27-29-31-33-35-37-39-42-45-48-51-57(60)63-54-55(53-62-56(59)50-47-44-41-18-15-12-9-6-3)64-58(61)52-49-46-43-40-38-36-34-32-30-28-26-24-22-20-17-14-11-8-5-2/h7,10,16,19,23,25,29,31,55H,4-6,8-9,11-15,17-18,20-22,24,26-28,30,32-54H2,1-3H3/b10-7-,19-16-,25-23-,31-29-. The SMILES string of the molecule is CC/C=C\C/C=C\C/C=C\C/C=C\CCCCCCCCC(=O)OCC(COC(=O)CCCCCCCCCC)OC(=O)CCCCCCCCCCCCCCCCCCCCC. The Balaban J connectivity index is 4.25. The van der Waals surface area contributed by atoms with Crippen LogP contribution >= 0.6 is 0 Å². The maximum absolute atomic E-state index is 12.8. The minimum Gasteiger partial charge on any atom is -0.462 e. The topological polar surface area (TPSA) is 78.9 Å². The third-order valence-electron chi connectivity index (χ3n) is 12.1. The van der Waals surface area contributed by atoms with Crippen LogP contribution in [0.25, 0.3) is 0 Å². The molecule has 0 spiro atoms. The van der Waals surface area contributed by atoms with E-state index in [1.165, 1.54) is 154 Å². The summed E-state index contributed by atoms with van der Waals surface area (Å²) in [5.74, 6) is -0.880. The minimum absolute atomic E-state index is 0.0744. The van der Waals surface area contributed by atoms with E-state index in [4.69, 9.17) is 14.2 Å².